The van der Waals surface area contributed by atoms with Gasteiger partial charge in [0.15, 0.2) is 11.6 Å². The zero-order valence-corrected chi connectivity index (χ0v) is 13.0. The highest BCUT2D eigenvalue weighted by molar-refractivity contribution is 9.10. The summed E-state index contributed by atoms with van der Waals surface area (Å²) in [5.41, 5.74) is 6.11. The minimum atomic E-state index is -0.782. The van der Waals surface area contributed by atoms with E-state index in [0.717, 1.165) is 12.1 Å². The zero-order valence-electron chi connectivity index (χ0n) is 10.6. The van der Waals surface area contributed by atoms with Crippen molar-refractivity contribution >= 4 is 39.1 Å². The lowest BCUT2D eigenvalue weighted by Gasteiger charge is -2.09. The Morgan fingerprint density at radius 1 is 1.19 bits per heavy atom. The van der Waals surface area contributed by atoms with Crippen LogP contribution in [0.15, 0.2) is 45.9 Å². The first-order valence-corrected chi connectivity index (χ1v) is 7.14. The Bertz CT molecular complexity index is 695. The zero-order chi connectivity index (χ0) is 15.4. The van der Waals surface area contributed by atoms with Crippen molar-refractivity contribution in [2.24, 2.45) is 10.7 Å². The van der Waals surface area contributed by atoms with E-state index in [1.165, 1.54) is 6.07 Å². The minimum Gasteiger partial charge on any atom is -0.453 e. The molecule has 0 heterocycles. The number of nitrogens with zero attached hydrogens (tertiary/aromatic N) is 1. The third-order valence-corrected chi connectivity index (χ3v) is 3.33. The third kappa shape index (κ3) is 4.15. The SMILES string of the molecule is NC(CCl)=Nc1ccc(Oc2ccc(F)cc2F)c(Br)c1. The average Bonchev–Trinajstić information content (AvgIpc) is 2.44. The van der Waals surface area contributed by atoms with Gasteiger partial charge in [-0.1, -0.05) is 0 Å². The quantitative estimate of drug-likeness (QED) is 0.476. The maximum Gasteiger partial charge on any atom is 0.168 e. The van der Waals surface area contributed by atoms with Crippen LogP contribution in [-0.4, -0.2) is 11.7 Å². The van der Waals surface area contributed by atoms with Crippen LogP contribution >= 0.6 is 27.5 Å². The first-order valence-electron chi connectivity index (χ1n) is 5.81. The maximum atomic E-state index is 13.5. The van der Waals surface area contributed by atoms with E-state index in [1.807, 2.05) is 0 Å². The summed E-state index contributed by atoms with van der Waals surface area (Å²) in [4.78, 5) is 4.07. The van der Waals surface area contributed by atoms with E-state index >= 15 is 0 Å². The molecule has 0 amide bonds. The van der Waals surface area contributed by atoms with Crippen LogP contribution in [0.5, 0.6) is 11.5 Å². The molecule has 0 atom stereocenters. The summed E-state index contributed by atoms with van der Waals surface area (Å²) in [6.07, 6.45) is 0. The summed E-state index contributed by atoms with van der Waals surface area (Å²) < 4.78 is 32.3. The lowest BCUT2D eigenvalue weighted by molar-refractivity contribution is 0.435. The number of amidine groups is 1. The summed E-state index contributed by atoms with van der Waals surface area (Å²) in [5, 5.41) is 0. The van der Waals surface area contributed by atoms with Gasteiger partial charge in [-0.25, -0.2) is 13.8 Å². The van der Waals surface area contributed by atoms with Crippen LogP contribution in [0.4, 0.5) is 14.5 Å². The molecule has 0 fully saturated rings. The molecule has 0 radical (unpaired) electrons. The maximum absolute atomic E-state index is 13.5. The molecule has 110 valence electrons. The number of nitrogens with two attached hydrogens (primary N) is 1. The lowest BCUT2D eigenvalue weighted by atomic mass is 10.3. The van der Waals surface area contributed by atoms with Crippen LogP contribution in [0.1, 0.15) is 0 Å². The van der Waals surface area contributed by atoms with Crippen molar-refractivity contribution in [1.82, 2.24) is 0 Å². The van der Waals surface area contributed by atoms with Gasteiger partial charge >= 0.3 is 0 Å². The minimum absolute atomic E-state index is 0.0753. The smallest absolute Gasteiger partial charge is 0.168 e. The van der Waals surface area contributed by atoms with Crippen molar-refractivity contribution < 1.29 is 13.5 Å². The number of alkyl halides is 1. The van der Waals surface area contributed by atoms with Crippen LogP contribution in [0.3, 0.4) is 0 Å². The van der Waals surface area contributed by atoms with E-state index in [1.54, 1.807) is 18.2 Å². The number of aliphatic imine (C=N–C) groups is 1. The van der Waals surface area contributed by atoms with E-state index in [2.05, 4.69) is 20.9 Å². The van der Waals surface area contributed by atoms with Gasteiger partial charge < -0.3 is 10.5 Å². The molecule has 0 saturated heterocycles. The van der Waals surface area contributed by atoms with E-state index in [0.29, 0.717) is 15.9 Å². The second kappa shape index (κ2) is 6.87. The molecular formula is C14H10BrClF2N2O. The third-order valence-electron chi connectivity index (χ3n) is 2.44. The molecule has 0 saturated carbocycles. The number of ether oxygens (including phenoxy) is 1. The standard InChI is InChI=1S/C14H10BrClF2N2O/c15-10-6-9(20-14(19)7-16)2-4-12(10)21-13-3-1-8(17)5-11(13)18/h1-6H,7H2,(H2,19,20). The molecule has 2 aromatic rings. The van der Waals surface area contributed by atoms with Gasteiger partial charge in [-0.05, 0) is 46.3 Å². The topological polar surface area (TPSA) is 47.6 Å². The number of halogens is 4. The molecule has 7 heteroatoms. The van der Waals surface area contributed by atoms with Crippen molar-refractivity contribution in [1.29, 1.82) is 0 Å². The summed E-state index contributed by atoms with van der Waals surface area (Å²) in [5.74, 6) is -0.758. The second-order valence-corrected chi connectivity index (χ2v) is 5.15. The molecule has 2 N–H and O–H groups in total. The predicted octanol–water partition coefficient (Wildman–Crippen LogP) is 4.75. The first kappa shape index (κ1) is 15.7. The van der Waals surface area contributed by atoms with Crippen LogP contribution in [-0.2, 0) is 0 Å². The van der Waals surface area contributed by atoms with Crippen molar-refractivity contribution in [2.45, 2.75) is 0 Å². The molecule has 0 spiro atoms. The Morgan fingerprint density at radius 2 is 1.90 bits per heavy atom. The fourth-order valence-electron chi connectivity index (χ4n) is 1.51. The van der Waals surface area contributed by atoms with Gasteiger partial charge in [0.2, 0.25) is 0 Å². The Kier molecular flexibility index (Phi) is 5.14. The molecule has 3 nitrogen and oxygen atoms in total. The molecule has 2 aromatic carbocycles. The van der Waals surface area contributed by atoms with Crippen LogP contribution in [0.2, 0.25) is 0 Å². The van der Waals surface area contributed by atoms with Gasteiger partial charge in [0, 0.05) is 6.07 Å². The fourth-order valence-corrected chi connectivity index (χ4v) is 2.02. The number of benzene rings is 2. The molecule has 0 aromatic heterocycles. The molecule has 0 aliphatic heterocycles. The number of hydrogen-bond donors (Lipinski definition) is 1. The van der Waals surface area contributed by atoms with Gasteiger partial charge in [0.1, 0.15) is 17.4 Å². The number of rotatable bonds is 4. The van der Waals surface area contributed by atoms with Gasteiger partial charge in [0.25, 0.3) is 0 Å². The van der Waals surface area contributed by atoms with Gasteiger partial charge in [-0.15, -0.1) is 11.6 Å². The van der Waals surface area contributed by atoms with Gasteiger partial charge in [-0.2, -0.15) is 0 Å². The summed E-state index contributed by atoms with van der Waals surface area (Å²) in [7, 11) is 0. The lowest BCUT2D eigenvalue weighted by Crippen LogP contribution is -2.12. The van der Waals surface area contributed by atoms with Crippen molar-refractivity contribution in [3.05, 3.63) is 52.5 Å². The summed E-state index contributed by atoms with van der Waals surface area (Å²) in [6, 6.07) is 7.97. The molecule has 0 unspecified atom stereocenters. The molecule has 0 aliphatic carbocycles. The monoisotopic (exact) mass is 374 g/mol. The molecule has 21 heavy (non-hydrogen) atoms. The fraction of sp³-hybridized carbons (Fsp3) is 0.0714. The van der Waals surface area contributed by atoms with Crippen molar-refractivity contribution in [2.75, 3.05) is 5.88 Å². The molecule has 2 rings (SSSR count). The van der Waals surface area contributed by atoms with E-state index in [9.17, 15) is 8.78 Å². The molecular weight excluding hydrogens is 366 g/mol. The highest BCUT2D eigenvalue weighted by Crippen LogP contribution is 2.34. The molecule has 0 aliphatic rings. The summed E-state index contributed by atoms with van der Waals surface area (Å²) in [6.45, 7) is 0. The second-order valence-electron chi connectivity index (χ2n) is 4.03. The average molecular weight is 376 g/mol. The summed E-state index contributed by atoms with van der Waals surface area (Å²) >= 11 is 8.84. The highest BCUT2D eigenvalue weighted by atomic mass is 79.9. The molecule has 0 bridgehead atoms. The van der Waals surface area contributed by atoms with Crippen molar-refractivity contribution in [3.63, 3.8) is 0 Å². The normalized spacial score (nSPS) is 11.5. The first-order chi connectivity index (χ1) is 9.99. The number of hydrogen-bond acceptors (Lipinski definition) is 2. The van der Waals surface area contributed by atoms with E-state index < -0.39 is 11.6 Å². The Labute approximate surface area is 133 Å². The largest absolute Gasteiger partial charge is 0.453 e. The van der Waals surface area contributed by atoms with Crippen LogP contribution in [0, 0.1) is 11.6 Å². The Hall–Kier alpha value is -1.66. The Balaban J connectivity index is 2.25. The Morgan fingerprint density at radius 3 is 2.52 bits per heavy atom. The van der Waals surface area contributed by atoms with Crippen molar-refractivity contribution in [3.8, 4) is 11.5 Å². The van der Waals surface area contributed by atoms with E-state index in [-0.39, 0.29) is 17.5 Å². The van der Waals surface area contributed by atoms with Crippen LogP contribution in [0.25, 0.3) is 0 Å². The van der Waals surface area contributed by atoms with Gasteiger partial charge in [0.05, 0.1) is 16.0 Å². The highest BCUT2D eigenvalue weighted by Gasteiger charge is 2.09. The van der Waals surface area contributed by atoms with Gasteiger partial charge in [-0.3, -0.25) is 0 Å². The predicted molar refractivity (Wildman–Crippen MR) is 82.6 cm³/mol. The van der Waals surface area contributed by atoms with E-state index in [4.69, 9.17) is 22.1 Å². The van der Waals surface area contributed by atoms with Crippen LogP contribution < -0.4 is 10.5 Å².